The lowest BCUT2D eigenvalue weighted by Crippen LogP contribution is -1.95. The van der Waals surface area contributed by atoms with E-state index in [2.05, 4.69) is 0 Å². The summed E-state index contributed by atoms with van der Waals surface area (Å²) in [4.78, 5) is 11.8. The van der Waals surface area contributed by atoms with Crippen molar-refractivity contribution in [2.24, 2.45) is 0 Å². The van der Waals surface area contributed by atoms with Crippen LogP contribution in [0.25, 0.3) is 22.3 Å². The highest BCUT2D eigenvalue weighted by molar-refractivity contribution is 5.97. The molecule has 2 heteroatoms. The number of hydrogen-bond acceptors (Lipinski definition) is 2. The first-order valence-electron chi connectivity index (χ1n) is 6.82. The fourth-order valence-electron chi connectivity index (χ4n) is 2.40. The minimum atomic E-state index is 0.152. The molecule has 100 valence electrons. The van der Waals surface area contributed by atoms with Crippen molar-refractivity contribution in [1.82, 2.24) is 0 Å². The molecule has 0 bridgehead atoms. The van der Waals surface area contributed by atoms with E-state index in [-0.39, 0.29) is 5.78 Å². The average molecular weight is 264 g/mol. The third-order valence-corrected chi connectivity index (χ3v) is 3.53. The summed E-state index contributed by atoms with van der Waals surface area (Å²) in [7, 11) is 0. The van der Waals surface area contributed by atoms with Gasteiger partial charge in [0.2, 0.25) is 0 Å². The molecule has 0 amide bonds. The standard InChI is InChI=1S/C18H16O2/c1-3-16(19)13-7-5-8-14(10-13)17-11-15-9-4-6-12(2)18(15)20-17/h4-11H,3H2,1-2H3. The molecule has 0 radical (unpaired) electrons. The molecule has 20 heavy (non-hydrogen) atoms. The minimum absolute atomic E-state index is 0.152. The Morgan fingerprint density at radius 2 is 1.90 bits per heavy atom. The third kappa shape index (κ3) is 2.14. The van der Waals surface area contributed by atoms with Gasteiger partial charge in [0.25, 0.3) is 0 Å². The predicted octanol–water partition coefficient (Wildman–Crippen LogP) is 5.00. The van der Waals surface area contributed by atoms with E-state index in [0.29, 0.717) is 6.42 Å². The van der Waals surface area contributed by atoms with Crippen molar-refractivity contribution in [1.29, 1.82) is 0 Å². The molecule has 0 saturated carbocycles. The summed E-state index contributed by atoms with van der Waals surface area (Å²) in [5.41, 5.74) is 3.71. The Labute approximate surface area is 118 Å². The monoisotopic (exact) mass is 264 g/mol. The number of hydrogen-bond donors (Lipinski definition) is 0. The molecular weight excluding hydrogens is 248 g/mol. The van der Waals surface area contributed by atoms with E-state index in [1.807, 2.05) is 62.4 Å². The maximum atomic E-state index is 11.8. The van der Waals surface area contributed by atoms with Gasteiger partial charge in [-0.25, -0.2) is 0 Å². The van der Waals surface area contributed by atoms with E-state index in [4.69, 9.17) is 4.42 Å². The van der Waals surface area contributed by atoms with Crippen molar-refractivity contribution in [2.45, 2.75) is 20.3 Å². The number of benzene rings is 2. The maximum Gasteiger partial charge on any atom is 0.162 e. The summed E-state index contributed by atoms with van der Waals surface area (Å²) in [6.07, 6.45) is 0.517. The van der Waals surface area contributed by atoms with E-state index in [0.717, 1.165) is 33.4 Å². The molecule has 0 aliphatic heterocycles. The van der Waals surface area contributed by atoms with Gasteiger partial charge >= 0.3 is 0 Å². The number of furan rings is 1. The van der Waals surface area contributed by atoms with E-state index in [1.165, 1.54) is 0 Å². The Kier molecular flexibility index (Phi) is 3.15. The number of carbonyl (C=O) groups excluding carboxylic acids is 1. The summed E-state index contributed by atoms with van der Waals surface area (Å²) >= 11 is 0. The molecule has 0 aliphatic carbocycles. The molecule has 0 aliphatic rings. The first-order valence-corrected chi connectivity index (χ1v) is 6.82. The zero-order chi connectivity index (χ0) is 14.1. The molecule has 0 saturated heterocycles. The molecule has 0 unspecified atom stereocenters. The van der Waals surface area contributed by atoms with Crippen LogP contribution in [0.15, 0.2) is 52.9 Å². The van der Waals surface area contributed by atoms with Gasteiger partial charge in [0.15, 0.2) is 5.78 Å². The van der Waals surface area contributed by atoms with Crippen molar-refractivity contribution in [3.05, 3.63) is 59.7 Å². The van der Waals surface area contributed by atoms with Crippen LogP contribution in [-0.2, 0) is 0 Å². The van der Waals surface area contributed by atoms with Gasteiger partial charge in [0.1, 0.15) is 11.3 Å². The number of rotatable bonds is 3. The molecule has 2 aromatic carbocycles. The predicted molar refractivity (Wildman–Crippen MR) is 81.0 cm³/mol. The first kappa shape index (κ1) is 12.7. The maximum absolute atomic E-state index is 11.8. The topological polar surface area (TPSA) is 30.2 Å². The van der Waals surface area contributed by atoms with Crippen LogP contribution < -0.4 is 0 Å². The van der Waals surface area contributed by atoms with E-state index in [9.17, 15) is 4.79 Å². The largest absolute Gasteiger partial charge is 0.456 e. The second-order valence-corrected chi connectivity index (χ2v) is 4.96. The zero-order valence-electron chi connectivity index (χ0n) is 11.6. The Morgan fingerprint density at radius 1 is 1.10 bits per heavy atom. The number of para-hydroxylation sites is 1. The second kappa shape index (κ2) is 4.97. The fraction of sp³-hybridized carbons (Fsp3) is 0.167. The van der Waals surface area contributed by atoms with Crippen molar-refractivity contribution < 1.29 is 9.21 Å². The van der Waals surface area contributed by atoms with Gasteiger partial charge in [0.05, 0.1) is 0 Å². The SMILES string of the molecule is CCC(=O)c1cccc(-c2cc3cccc(C)c3o2)c1. The Morgan fingerprint density at radius 3 is 2.65 bits per heavy atom. The highest BCUT2D eigenvalue weighted by Gasteiger charge is 2.10. The Bertz CT molecular complexity index is 781. The highest BCUT2D eigenvalue weighted by Crippen LogP contribution is 2.30. The van der Waals surface area contributed by atoms with E-state index in [1.54, 1.807) is 0 Å². The van der Waals surface area contributed by atoms with Gasteiger partial charge in [-0.2, -0.15) is 0 Å². The van der Waals surface area contributed by atoms with Crippen LogP contribution in [0.1, 0.15) is 29.3 Å². The van der Waals surface area contributed by atoms with Crippen molar-refractivity contribution in [3.8, 4) is 11.3 Å². The molecule has 1 heterocycles. The third-order valence-electron chi connectivity index (χ3n) is 3.53. The average Bonchev–Trinajstić information content (AvgIpc) is 2.92. The van der Waals surface area contributed by atoms with E-state index >= 15 is 0 Å². The smallest absolute Gasteiger partial charge is 0.162 e. The lowest BCUT2D eigenvalue weighted by Gasteiger charge is -2.01. The summed E-state index contributed by atoms with van der Waals surface area (Å²) in [5.74, 6) is 0.958. The van der Waals surface area contributed by atoms with Crippen molar-refractivity contribution >= 4 is 16.8 Å². The van der Waals surface area contributed by atoms with Crippen LogP contribution >= 0.6 is 0 Å². The molecular formula is C18H16O2. The van der Waals surface area contributed by atoms with Crippen molar-refractivity contribution in [2.75, 3.05) is 0 Å². The van der Waals surface area contributed by atoms with Gasteiger partial charge in [-0.1, -0.05) is 43.3 Å². The quantitative estimate of drug-likeness (QED) is 0.623. The molecule has 3 rings (SSSR count). The molecule has 0 atom stereocenters. The number of fused-ring (bicyclic) bond motifs is 1. The molecule has 0 spiro atoms. The summed E-state index contributed by atoms with van der Waals surface area (Å²) in [6, 6.07) is 15.7. The number of aryl methyl sites for hydroxylation is 1. The van der Waals surface area contributed by atoms with Crippen LogP contribution in [0.3, 0.4) is 0 Å². The highest BCUT2D eigenvalue weighted by atomic mass is 16.3. The molecule has 1 aromatic heterocycles. The van der Waals surface area contributed by atoms with Crippen LogP contribution in [0.2, 0.25) is 0 Å². The first-order chi connectivity index (χ1) is 9.69. The Hall–Kier alpha value is -2.35. The van der Waals surface area contributed by atoms with Gasteiger partial charge in [-0.05, 0) is 24.6 Å². The number of Topliss-reactive ketones (excluding diaryl/α,β-unsaturated/α-hetero) is 1. The molecule has 2 nitrogen and oxygen atoms in total. The lowest BCUT2D eigenvalue weighted by atomic mass is 10.0. The van der Waals surface area contributed by atoms with Crippen LogP contribution in [0.5, 0.6) is 0 Å². The van der Waals surface area contributed by atoms with Gasteiger partial charge in [0, 0.05) is 22.9 Å². The summed E-state index contributed by atoms with van der Waals surface area (Å²) in [6.45, 7) is 3.91. The summed E-state index contributed by atoms with van der Waals surface area (Å²) in [5, 5.41) is 1.09. The molecule has 0 fully saturated rings. The zero-order valence-corrected chi connectivity index (χ0v) is 11.6. The Balaban J connectivity index is 2.11. The molecule has 0 N–H and O–H groups in total. The normalized spacial score (nSPS) is 10.9. The molecule has 3 aromatic rings. The summed E-state index contributed by atoms with van der Waals surface area (Å²) < 4.78 is 5.94. The number of ketones is 1. The van der Waals surface area contributed by atoms with Crippen LogP contribution in [-0.4, -0.2) is 5.78 Å². The van der Waals surface area contributed by atoms with Crippen molar-refractivity contribution in [3.63, 3.8) is 0 Å². The van der Waals surface area contributed by atoms with Gasteiger partial charge in [-0.15, -0.1) is 0 Å². The fourth-order valence-corrected chi connectivity index (χ4v) is 2.40. The number of carbonyl (C=O) groups is 1. The minimum Gasteiger partial charge on any atom is -0.456 e. The van der Waals surface area contributed by atoms with Crippen LogP contribution in [0, 0.1) is 6.92 Å². The van der Waals surface area contributed by atoms with Gasteiger partial charge < -0.3 is 4.42 Å². The van der Waals surface area contributed by atoms with Crippen LogP contribution in [0.4, 0.5) is 0 Å². The van der Waals surface area contributed by atoms with E-state index < -0.39 is 0 Å². The lowest BCUT2D eigenvalue weighted by molar-refractivity contribution is 0.0988. The van der Waals surface area contributed by atoms with Gasteiger partial charge in [-0.3, -0.25) is 4.79 Å². The second-order valence-electron chi connectivity index (χ2n) is 4.96.